The summed E-state index contributed by atoms with van der Waals surface area (Å²) in [6, 6.07) is -0.742. The quantitative estimate of drug-likeness (QED) is 0.0361. The second-order valence-electron chi connectivity index (χ2n) is 23.1. The number of aliphatic hydroxyl groups is 3. The fourth-order valence-corrected chi connectivity index (χ4v) is 10.8. The van der Waals surface area contributed by atoms with Gasteiger partial charge in [0.15, 0.2) is 0 Å². The maximum Gasteiger partial charge on any atom is 0.222 e. The van der Waals surface area contributed by atoms with Crippen LogP contribution in [0.4, 0.5) is 0 Å². The molecule has 0 aliphatic carbocycles. The Balaban J connectivity index is 3.45. The number of amides is 1. The monoisotopic (exact) mass is 1000 g/mol. The van der Waals surface area contributed by atoms with Crippen molar-refractivity contribution in [1.82, 2.24) is 5.32 Å². The van der Waals surface area contributed by atoms with Gasteiger partial charge < -0.3 is 20.6 Å². The second-order valence-corrected chi connectivity index (χ2v) is 23.1. The molecule has 3 atom stereocenters. The molecule has 3 unspecified atom stereocenters. The van der Waals surface area contributed by atoms with Crippen molar-refractivity contribution in [3.8, 4) is 0 Å². The minimum Gasteiger partial charge on any atom is -0.394 e. The van der Waals surface area contributed by atoms with Crippen molar-refractivity contribution in [2.75, 3.05) is 6.61 Å². The summed E-state index contributed by atoms with van der Waals surface area (Å²) in [6.07, 6.45) is 78.8. The Hall–Kier alpha value is -0.910. The Labute approximate surface area is 446 Å². The molecule has 0 aliphatic heterocycles. The first kappa shape index (κ1) is 70.1. The first-order valence-corrected chi connectivity index (χ1v) is 33.0. The third kappa shape index (κ3) is 58.2. The van der Waals surface area contributed by atoms with E-state index < -0.39 is 18.2 Å². The smallest absolute Gasteiger partial charge is 0.222 e. The van der Waals surface area contributed by atoms with Gasteiger partial charge in [-0.1, -0.05) is 366 Å². The van der Waals surface area contributed by atoms with Crippen LogP contribution in [0.5, 0.6) is 0 Å². The Morgan fingerprint density at radius 2 is 0.577 bits per heavy atom. The molecule has 71 heavy (non-hydrogen) atoms. The van der Waals surface area contributed by atoms with E-state index in [1.165, 1.54) is 327 Å². The lowest BCUT2D eigenvalue weighted by atomic mass is 10.0. The molecular formula is C66H131NO4. The molecule has 5 heteroatoms. The lowest BCUT2D eigenvalue weighted by Gasteiger charge is -2.21. The van der Waals surface area contributed by atoms with Gasteiger partial charge in [-0.15, -0.1) is 0 Å². The van der Waals surface area contributed by atoms with Crippen LogP contribution in [-0.2, 0) is 4.79 Å². The Morgan fingerprint density at radius 1 is 0.352 bits per heavy atom. The topological polar surface area (TPSA) is 89.8 Å². The average molecular weight is 1000 g/mol. The summed E-state index contributed by atoms with van der Waals surface area (Å²) in [6.45, 7) is 4.27. The number of allylic oxidation sites excluding steroid dienone is 1. The van der Waals surface area contributed by atoms with E-state index in [9.17, 15) is 20.1 Å². The van der Waals surface area contributed by atoms with Crippen LogP contribution in [0.15, 0.2) is 12.2 Å². The maximum absolute atomic E-state index is 12.6. The third-order valence-corrected chi connectivity index (χ3v) is 15.8. The summed E-state index contributed by atoms with van der Waals surface area (Å²) < 4.78 is 0. The summed E-state index contributed by atoms with van der Waals surface area (Å²) in [4.78, 5) is 12.6. The van der Waals surface area contributed by atoms with E-state index in [1.807, 2.05) is 6.08 Å². The van der Waals surface area contributed by atoms with E-state index in [0.29, 0.717) is 6.42 Å². The zero-order chi connectivity index (χ0) is 51.4. The summed E-state index contributed by atoms with van der Waals surface area (Å²) >= 11 is 0. The highest BCUT2D eigenvalue weighted by Crippen LogP contribution is 2.19. The van der Waals surface area contributed by atoms with Gasteiger partial charge in [-0.3, -0.25) is 4.79 Å². The highest BCUT2D eigenvalue weighted by molar-refractivity contribution is 5.76. The molecule has 0 aromatic heterocycles. The van der Waals surface area contributed by atoms with Crippen molar-refractivity contribution in [2.24, 2.45) is 0 Å². The third-order valence-electron chi connectivity index (χ3n) is 15.8. The van der Waals surface area contributed by atoms with Crippen LogP contribution in [-0.4, -0.2) is 46.1 Å². The molecule has 0 aliphatic rings. The van der Waals surface area contributed by atoms with Gasteiger partial charge in [0.1, 0.15) is 0 Å². The zero-order valence-corrected chi connectivity index (χ0v) is 48.6. The number of hydrogen-bond acceptors (Lipinski definition) is 4. The molecule has 0 aromatic rings. The minimum atomic E-state index is -0.927. The standard InChI is InChI=1S/C66H131NO4/c1-3-5-7-9-11-13-15-17-19-21-23-25-26-27-28-29-30-31-32-33-34-35-36-37-38-40-41-43-45-47-49-51-53-55-57-59-63(69)61-66(71)67-64(62-68)65(70)60-58-56-54-52-50-48-46-44-42-39-24-22-20-18-16-14-12-10-8-6-4-2/h58,60,63-65,68-70H,3-57,59,61-62H2,1-2H3,(H,67,71)/b60-58+. The summed E-state index contributed by atoms with van der Waals surface area (Å²) in [5.41, 5.74) is 0. The van der Waals surface area contributed by atoms with Crippen LogP contribution >= 0.6 is 0 Å². The lowest BCUT2D eigenvalue weighted by molar-refractivity contribution is -0.124. The number of rotatable bonds is 62. The zero-order valence-electron chi connectivity index (χ0n) is 48.6. The van der Waals surface area contributed by atoms with E-state index in [-0.39, 0.29) is 18.9 Å². The molecule has 0 saturated heterocycles. The van der Waals surface area contributed by atoms with Crippen molar-refractivity contribution in [3.05, 3.63) is 12.2 Å². The van der Waals surface area contributed by atoms with Gasteiger partial charge in [0.2, 0.25) is 5.91 Å². The molecule has 4 N–H and O–H groups in total. The first-order valence-electron chi connectivity index (χ1n) is 33.0. The maximum atomic E-state index is 12.6. The molecule has 0 bridgehead atoms. The molecular weight excluding hydrogens is 871 g/mol. The van der Waals surface area contributed by atoms with Crippen molar-refractivity contribution in [1.29, 1.82) is 0 Å². The molecule has 0 saturated carbocycles. The molecule has 1 amide bonds. The molecule has 0 fully saturated rings. The first-order chi connectivity index (χ1) is 35.0. The number of carbonyl (C=O) groups is 1. The van der Waals surface area contributed by atoms with Crippen LogP contribution in [0.2, 0.25) is 0 Å². The van der Waals surface area contributed by atoms with Crippen LogP contribution in [0.25, 0.3) is 0 Å². The summed E-state index contributed by atoms with van der Waals surface area (Å²) in [5, 5.41) is 33.6. The second kappa shape index (κ2) is 61.6. The van der Waals surface area contributed by atoms with E-state index in [1.54, 1.807) is 6.08 Å². The van der Waals surface area contributed by atoms with Gasteiger partial charge in [0.25, 0.3) is 0 Å². The average Bonchev–Trinajstić information content (AvgIpc) is 3.37. The largest absolute Gasteiger partial charge is 0.394 e. The summed E-state index contributed by atoms with van der Waals surface area (Å²) in [7, 11) is 0. The van der Waals surface area contributed by atoms with Crippen LogP contribution in [0.1, 0.15) is 380 Å². The van der Waals surface area contributed by atoms with Crippen LogP contribution in [0, 0.1) is 0 Å². The number of hydrogen-bond donors (Lipinski definition) is 4. The Bertz CT molecular complexity index is 1020. The van der Waals surface area contributed by atoms with Crippen molar-refractivity contribution in [3.63, 3.8) is 0 Å². The molecule has 0 rings (SSSR count). The van der Waals surface area contributed by atoms with Gasteiger partial charge in [-0.05, 0) is 19.3 Å². The van der Waals surface area contributed by atoms with E-state index in [0.717, 1.165) is 25.7 Å². The Kier molecular flexibility index (Phi) is 60.8. The molecule has 0 radical (unpaired) electrons. The number of aliphatic hydroxyl groups excluding tert-OH is 3. The molecule has 0 spiro atoms. The lowest BCUT2D eigenvalue weighted by Crippen LogP contribution is -2.45. The number of unbranched alkanes of at least 4 members (excludes halogenated alkanes) is 53. The highest BCUT2D eigenvalue weighted by Gasteiger charge is 2.20. The predicted octanol–water partition coefficient (Wildman–Crippen LogP) is 21.0. The normalized spacial score (nSPS) is 13.1. The minimum absolute atomic E-state index is 0.0198. The van der Waals surface area contributed by atoms with Crippen LogP contribution < -0.4 is 5.32 Å². The summed E-state index contributed by atoms with van der Waals surface area (Å²) in [5.74, 6) is -0.306. The predicted molar refractivity (Wildman–Crippen MR) is 315 cm³/mol. The fraction of sp³-hybridized carbons (Fsp3) is 0.955. The van der Waals surface area contributed by atoms with Crippen molar-refractivity contribution < 1.29 is 20.1 Å². The molecule has 0 heterocycles. The van der Waals surface area contributed by atoms with E-state index >= 15 is 0 Å². The fourth-order valence-electron chi connectivity index (χ4n) is 10.8. The highest BCUT2D eigenvalue weighted by atomic mass is 16.3. The van der Waals surface area contributed by atoms with Gasteiger partial charge in [0, 0.05) is 0 Å². The molecule has 0 aromatic carbocycles. The van der Waals surface area contributed by atoms with Gasteiger partial charge >= 0.3 is 0 Å². The Morgan fingerprint density at radius 3 is 0.817 bits per heavy atom. The van der Waals surface area contributed by atoms with Crippen LogP contribution in [0.3, 0.4) is 0 Å². The molecule has 5 nitrogen and oxygen atoms in total. The van der Waals surface area contributed by atoms with E-state index in [2.05, 4.69) is 19.2 Å². The van der Waals surface area contributed by atoms with Crippen molar-refractivity contribution >= 4 is 5.91 Å². The van der Waals surface area contributed by atoms with Gasteiger partial charge in [-0.2, -0.15) is 0 Å². The number of nitrogens with one attached hydrogen (secondary N) is 1. The van der Waals surface area contributed by atoms with E-state index in [4.69, 9.17) is 0 Å². The van der Waals surface area contributed by atoms with Crippen molar-refractivity contribution in [2.45, 2.75) is 398 Å². The van der Waals surface area contributed by atoms with Gasteiger partial charge in [-0.25, -0.2) is 0 Å². The SMILES string of the molecule is CCCCCCCCCCCCCCCCCCCCC/C=C/C(O)C(CO)NC(=O)CC(O)CCCCCCCCCCCCCCCCCCCCCCCCCCCCCCCCCCCCC. The molecule has 424 valence electrons. The van der Waals surface area contributed by atoms with Gasteiger partial charge in [0.05, 0.1) is 31.3 Å². The number of carbonyl (C=O) groups excluding carboxylic acids is 1.